The van der Waals surface area contributed by atoms with Crippen LogP contribution in [0.25, 0.3) is 10.9 Å². The number of methoxy groups -OCH3 is 1. The lowest BCUT2D eigenvalue weighted by molar-refractivity contribution is 0.100. The second-order valence-electron chi connectivity index (χ2n) is 7.85. The normalized spacial score (nSPS) is 14.9. The molecular weight excluding hydrogens is 416 g/mol. The number of nitrogens with one attached hydrogen (secondary N) is 1. The average Bonchev–Trinajstić information content (AvgIpc) is 2.98. The number of likely N-dealkylation sites (N-methyl/N-ethyl adjacent to an activating group) is 1. The molecule has 1 aromatic heterocycles. The average molecular weight is 441 g/mol. The summed E-state index contributed by atoms with van der Waals surface area (Å²) < 4.78 is 33.4. The summed E-state index contributed by atoms with van der Waals surface area (Å²) in [5.74, 6) is -1.53. The zero-order valence-electron chi connectivity index (χ0n) is 18.0. The predicted octanol–water partition coefficient (Wildman–Crippen LogP) is 3.51. The molecular formula is C23H25F2N5O2. The van der Waals surface area contributed by atoms with E-state index in [1.165, 1.54) is 12.3 Å². The zero-order valence-corrected chi connectivity index (χ0v) is 18.0. The second-order valence-corrected chi connectivity index (χ2v) is 7.85. The van der Waals surface area contributed by atoms with E-state index in [4.69, 9.17) is 10.5 Å². The molecule has 0 atom stereocenters. The Morgan fingerprint density at radius 3 is 2.69 bits per heavy atom. The first kappa shape index (κ1) is 21.8. The molecule has 3 aromatic rings. The molecule has 1 saturated heterocycles. The Bertz CT molecular complexity index is 1170. The van der Waals surface area contributed by atoms with Gasteiger partial charge < -0.3 is 25.6 Å². The first-order valence-electron chi connectivity index (χ1n) is 10.3. The van der Waals surface area contributed by atoms with Gasteiger partial charge in [-0.1, -0.05) is 0 Å². The quantitative estimate of drug-likeness (QED) is 0.631. The maximum Gasteiger partial charge on any atom is 0.252 e. The lowest BCUT2D eigenvalue weighted by Crippen LogP contribution is -2.29. The van der Waals surface area contributed by atoms with Crippen molar-refractivity contribution in [3.63, 3.8) is 0 Å². The molecule has 32 heavy (non-hydrogen) atoms. The van der Waals surface area contributed by atoms with Gasteiger partial charge >= 0.3 is 0 Å². The summed E-state index contributed by atoms with van der Waals surface area (Å²) in [5, 5.41) is 3.51. The highest BCUT2D eigenvalue weighted by molar-refractivity contribution is 6.08. The van der Waals surface area contributed by atoms with E-state index in [2.05, 4.69) is 27.1 Å². The standard InChI is InChI=1S/C23H25F2N5O2/c1-29-6-3-7-30(9-8-29)20-11-15-19(12-21(20)32-2)27-13-16(23(26)31)22(15)28-18-5-4-14(24)10-17(18)25/h4-5,10-13H,3,6-9H2,1-2H3,(H2,26,31)(H,27,28). The number of benzene rings is 2. The van der Waals surface area contributed by atoms with Crippen molar-refractivity contribution in [3.8, 4) is 5.75 Å². The van der Waals surface area contributed by atoms with E-state index >= 15 is 0 Å². The fourth-order valence-electron chi connectivity index (χ4n) is 3.95. The van der Waals surface area contributed by atoms with Crippen molar-refractivity contribution in [3.05, 3.63) is 53.7 Å². The Kier molecular flexibility index (Phi) is 6.09. The van der Waals surface area contributed by atoms with Gasteiger partial charge in [0.2, 0.25) is 0 Å². The van der Waals surface area contributed by atoms with Gasteiger partial charge in [-0.25, -0.2) is 8.78 Å². The van der Waals surface area contributed by atoms with E-state index in [1.807, 2.05) is 6.07 Å². The third-order valence-electron chi connectivity index (χ3n) is 5.69. The molecule has 1 aliphatic heterocycles. The summed E-state index contributed by atoms with van der Waals surface area (Å²) in [4.78, 5) is 21.0. The number of pyridine rings is 1. The molecule has 0 unspecified atom stereocenters. The van der Waals surface area contributed by atoms with E-state index in [9.17, 15) is 13.6 Å². The third-order valence-corrected chi connectivity index (χ3v) is 5.69. The summed E-state index contributed by atoms with van der Waals surface area (Å²) >= 11 is 0. The highest BCUT2D eigenvalue weighted by Gasteiger charge is 2.21. The second kappa shape index (κ2) is 8.96. The summed E-state index contributed by atoms with van der Waals surface area (Å²) in [6.07, 6.45) is 2.33. The molecule has 0 radical (unpaired) electrons. The van der Waals surface area contributed by atoms with Crippen LogP contribution in [0.5, 0.6) is 5.75 Å². The van der Waals surface area contributed by atoms with Crippen LogP contribution in [0.15, 0.2) is 36.5 Å². The minimum absolute atomic E-state index is 0.0233. The van der Waals surface area contributed by atoms with Gasteiger partial charge in [-0.2, -0.15) is 0 Å². The predicted molar refractivity (Wildman–Crippen MR) is 121 cm³/mol. The molecule has 9 heteroatoms. The Morgan fingerprint density at radius 1 is 1.16 bits per heavy atom. The van der Waals surface area contributed by atoms with Crippen LogP contribution in [0, 0.1) is 11.6 Å². The molecule has 1 amide bonds. The fourth-order valence-corrected chi connectivity index (χ4v) is 3.95. The number of ether oxygens (including phenoxy) is 1. The van der Waals surface area contributed by atoms with Crippen molar-refractivity contribution in [1.82, 2.24) is 9.88 Å². The Hall–Kier alpha value is -3.46. The number of amides is 1. The minimum atomic E-state index is -0.783. The minimum Gasteiger partial charge on any atom is -0.495 e. The van der Waals surface area contributed by atoms with E-state index in [-0.39, 0.29) is 11.3 Å². The molecule has 0 aliphatic carbocycles. The van der Waals surface area contributed by atoms with Gasteiger partial charge in [0.05, 0.1) is 35.3 Å². The molecule has 4 rings (SSSR count). The van der Waals surface area contributed by atoms with Crippen LogP contribution in [0.4, 0.5) is 25.8 Å². The van der Waals surface area contributed by atoms with Crippen molar-refractivity contribution in [2.75, 3.05) is 50.6 Å². The first-order chi connectivity index (χ1) is 15.4. The Balaban J connectivity index is 1.88. The molecule has 1 aliphatic rings. The highest BCUT2D eigenvalue weighted by Crippen LogP contribution is 2.38. The van der Waals surface area contributed by atoms with Crippen LogP contribution >= 0.6 is 0 Å². The third kappa shape index (κ3) is 4.29. The van der Waals surface area contributed by atoms with Gasteiger partial charge in [0.25, 0.3) is 5.91 Å². The molecule has 2 heterocycles. The number of hydrogen-bond acceptors (Lipinski definition) is 6. The summed E-state index contributed by atoms with van der Waals surface area (Å²) in [5.41, 5.74) is 7.42. The molecule has 3 N–H and O–H groups in total. The molecule has 0 bridgehead atoms. The number of anilines is 3. The smallest absolute Gasteiger partial charge is 0.252 e. The fraction of sp³-hybridized carbons (Fsp3) is 0.304. The molecule has 2 aromatic carbocycles. The van der Waals surface area contributed by atoms with Crippen LogP contribution in [0.1, 0.15) is 16.8 Å². The number of carbonyl (C=O) groups is 1. The van der Waals surface area contributed by atoms with Crippen LogP contribution in [-0.4, -0.2) is 56.1 Å². The lowest BCUT2D eigenvalue weighted by atomic mass is 10.1. The van der Waals surface area contributed by atoms with Gasteiger partial charge in [0.15, 0.2) is 0 Å². The topological polar surface area (TPSA) is 83.7 Å². The summed E-state index contributed by atoms with van der Waals surface area (Å²) in [7, 11) is 3.68. The van der Waals surface area contributed by atoms with Crippen molar-refractivity contribution in [2.24, 2.45) is 5.73 Å². The number of aromatic nitrogens is 1. The molecule has 0 spiro atoms. The first-order valence-corrected chi connectivity index (χ1v) is 10.3. The number of rotatable bonds is 5. The Morgan fingerprint density at radius 2 is 1.97 bits per heavy atom. The number of nitrogens with two attached hydrogens (primary N) is 1. The molecule has 1 fully saturated rings. The van der Waals surface area contributed by atoms with E-state index in [1.54, 1.807) is 13.2 Å². The van der Waals surface area contributed by atoms with E-state index in [0.717, 1.165) is 50.4 Å². The zero-order chi connectivity index (χ0) is 22.8. The molecule has 7 nitrogen and oxygen atoms in total. The monoisotopic (exact) mass is 441 g/mol. The van der Waals surface area contributed by atoms with Gasteiger partial charge in [-0.05, 0) is 38.2 Å². The van der Waals surface area contributed by atoms with E-state index < -0.39 is 17.5 Å². The van der Waals surface area contributed by atoms with Crippen molar-refractivity contribution >= 4 is 33.9 Å². The summed E-state index contributed by atoms with van der Waals surface area (Å²) in [6.45, 7) is 3.53. The highest BCUT2D eigenvalue weighted by atomic mass is 19.1. The molecule has 168 valence electrons. The number of carbonyl (C=O) groups excluding carboxylic acids is 1. The van der Waals surface area contributed by atoms with Crippen LogP contribution in [0.3, 0.4) is 0 Å². The van der Waals surface area contributed by atoms with Crippen molar-refractivity contribution in [2.45, 2.75) is 6.42 Å². The SMILES string of the molecule is COc1cc2ncc(C(N)=O)c(Nc3ccc(F)cc3F)c2cc1N1CCCN(C)CC1. The Labute approximate surface area is 184 Å². The number of nitrogens with zero attached hydrogens (tertiary/aromatic N) is 3. The van der Waals surface area contributed by atoms with Crippen molar-refractivity contribution < 1.29 is 18.3 Å². The van der Waals surface area contributed by atoms with E-state index in [0.29, 0.717) is 22.3 Å². The summed E-state index contributed by atoms with van der Waals surface area (Å²) in [6, 6.07) is 6.86. The molecule has 0 saturated carbocycles. The van der Waals surface area contributed by atoms with Crippen molar-refractivity contribution in [1.29, 1.82) is 0 Å². The largest absolute Gasteiger partial charge is 0.495 e. The van der Waals surface area contributed by atoms with Gasteiger partial charge in [-0.3, -0.25) is 9.78 Å². The van der Waals surface area contributed by atoms with Crippen LogP contribution < -0.4 is 20.7 Å². The number of fused-ring (bicyclic) bond motifs is 1. The van der Waals surface area contributed by atoms with Gasteiger partial charge in [0.1, 0.15) is 17.4 Å². The van der Waals surface area contributed by atoms with Gasteiger partial charge in [0, 0.05) is 43.4 Å². The maximum atomic E-state index is 14.4. The van der Waals surface area contributed by atoms with Crippen LogP contribution in [-0.2, 0) is 0 Å². The number of halogens is 2. The maximum absolute atomic E-state index is 14.4. The lowest BCUT2D eigenvalue weighted by Gasteiger charge is -2.26. The number of primary amides is 1. The van der Waals surface area contributed by atoms with Gasteiger partial charge in [-0.15, -0.1) is 0 Å². The van der Waals surface area contributed by atoms with Crippen LogP contribution in [0.2, 0.25) is 0 Å². The number of hydrogen-bond donors (Lipinski definition) is 2.